The maximum Gasteiger partial charge on any atom is 0.231 e. The predicted molar refractivity (Wildman–Crippen MR) is 92.1 cm³/mol. The van der Waals surface area contributed by atoms with Gasteiger partial charge in [0.15, 0.2) is 11.5 Å². The number of halogens is 1. The van der Waals surface area contributed by atoms with E-state index in [4.69, 9.17) is 14.2 Å². The van der Waals surface area contributed by atoms with Crippen molar-refractivity contribution in [3.8, 4) is 11.5 Å². The molecule has 0 amide bonds. The Bertz CT molecular complexity index is 713. The molecule has 2 aliphatic rings. The first kappa shape index (κ1) is 16.4. The van der Waals surface area contributed by atoms with E-state index in [1.54, 1.807) is 0 Å². The molecular formula is C20H22FNO3. The van der Waals surface area contributed by atoms with Gasteiger partial charge in [0, 0.05) is 26.2 Å². The molecule has 0 aromatic heterocycles. The zero-order chi connectivity index (χ0) is 17.1. The molecule has 1 unspecified atom stereocenters. The molecule has 1 fully saturated rings. The summed E-state index contributed by atoms with van der Waals surface area (Å²) in [6, 6.07) is 12.8. The molecule has 1 atom stereocenters. The van der Waals surface area contributed by atoms with Crippen molar-refractivity contribution in [2.75, 3.05) is 19.9 Å². The fourth-order valence-corrected chi connectivity index (χ4v) is 3.41. The molecule has 0 spiro atoms. The third-order valence-electron chi connectivity index (χ3n) is 4.65. The number of hydrogen-bond donors (Lipinski definition) is 0. The van der Waals surface area contributed by atoms with Crippen molar-refractivity contribution in [2.24, 2.45) is 0 Å². The van der Waals surface area contributed by atoms with Crippen molar-refractivity contribution in [2.45, 2.75) is 32.0 Å². The molecule has 2 aromatic carbocycles. The van der Waals surface area contributed by atoms with Gasteiger partial charge in [0.1, 0.15) is 5.82 Å². The number of nitrogens with zero attached hydrogens (tertiary/aromatic N) is 1. The maximum atomic E-state index is 13.2. The van der Waals surface area contributed by atoms with E-state index in [1.807, 2.05) is 24.3 Å². The minimum Gasteiger partial charge on any atom is -0.454 e. The summed E-state index contributed by atoms with van der Waals surface area (Å²) in [5.74, 6) is 1.40. The highest BCUT2D eigenvalue weighted by Crippen LogP contribution is 2.33. The van der Waals surface area contributed by atoms with Gasteiger partial charge in [0.05, 0.1) is 6.10 Å². The van der Waals surface area contributed by atoms with E-state index >= 15 is 0 Å². The lowest BCUT2D eigenvalue weighted by molar-refractivity contribution is 0.0679. The maximum absolute atomic E-state index is 13.2. The van der Waals surface area contributed by atoms with Crippen LogP contribution >= 0.6 is 0 Å². The first-order valence-corrected chi connectivity index (χ1v) is 8.73. The van der Waals surface area contributed by atoms with E-state index in [0.29, 0.717) is 0 Å². The van der Waals surface area contributed by atoms with Crippen LogP contribution < -0.4 is 9.47 Å². The molecule has 4 rings (SSSR count). The monoisotopic (exact) mass is 343 g/mol. The van der Waals surface area contributed by atoms with Gasteiger partial charge in [-0.1, -0.05) is 18.2 Å². The van der Waals surface area contributed by atoms with Crippen LogP contribution in [0, 0.1) is 5.82 Å². The van der Waals surface area contributed by atoms with E-state index in [-0.39, 0.29) is 18.7 Å². The second-order valence-electron chi connectivity index (χ2n) is 6.62. The van der Waals surface area contributed by atoms with Crippen LogP contribution in [-0.4, -0.2) is 30.9 Å². The standard InChI is InChI=1S/C20H22FNO3/c21-17-6-3-15(4-7-17)11-22(13-18-2-1-9-23-18)12-16-5-8-19-20(10-16)25-14-24-19/h3-8,10,18H,1-2,9,11-14H2. The molecule has 0 saturated carbocycles. The minimum atomic E-state index is -0.204. The van der Waals surface area contributed by atoms with E-state index in [2.05, 4.69) is 11.0 Å². The van der Waals surface area contributed by atoms with E-state index < -0.39 is 0 Å². The van der Waals surface area contributed by atoms with Crippen molar-refractivity contribution in [1.29, 1.82) is 0 Å². The van der Waals surface area contributed by atoms with Gasteiger partial charge < -0.3 is 14.2 Å². The van der Waals surface area contributed by atoms with Crippen molar-refractivity contribution in [3.63, 3.8) is 0 Å². The molecule has 0 bridgehead atoms. The molecule has 1 saturated heterocycles. The minimum absolute atomic E-state index is 0.204. The summed E-state index contributed by atoms with van der Waals surface area (Å²) in [5.41, 5.74) is 2.27. The van der Waals surface area contributed by atoms with E-state index in [0.717, 1.165) is 56.1 Å². The van der Waals surface area contributed by atoms with Crippen LogP contribution in [0.15, 0.2) is 42.5 Å². The third-order valence-corrected chi connectivity index (χ3v) is 4.65. The Kier molecular flexibility index (Phi) is 4.85. The summed E-state index contributed by atoms with van der Waals surface area (Å²) >= 11 is 0. The first-order valence-electron chi connectivity index (χ1n) is 8.73. The molecule has 132 valence electrons. The Morgan fingerprint density at radius 3 is 2.52 bits per heavy atom. The number of rotatable bonds is 6. The Morgan fingerprint density at radius 2 is 1.72 bits per heavy atom. The molecule has 0 aliphatic carbocycles. The highest BCUT2D eigenvalue weighted by Gasteiger charge is 2.21. The highest BCUT2D eigenvalue weighted by molar-refractivity contribution is 5.44. The molecule has 0 radical (unpaired) electrons. The van der Waals surface area contributed by atoms with Crippen molar-refractivity contribution in [3.05, 3.63) is 59.4 Å². The fraction of sp³-hybridized carbons (Fsp3) is 0.400. The fourth-order valence-electron chi connectivity index (χ4n) is 3.41. The Morgan fingerprint density at radius 1 is 0.960 bits per heavy atom. The van der Waals surface area contributed by atoms with Gasteiger partial charge in [-0.15, -0.1) is 0 Å². The number of benzene rings is 2. The van der Waals surface area contributed by atoms with Gasteiger partial charge in [-0.25, -0.2) is 4.39 Å². The van der Waals surface area contributed by atoms with Gasteiger partial charge in [-0.3, -0.25) is 4.90 Å². The van der Waals surface area contributed by atoms with Crippen molar-refractivity contribution < 1.29 is 18.6 Å². The molecule has 0 N–H and O–H groups in total. The SMILES string of the molecule is Fc1ccc(CN(Cc2ccc3c(c2)OCO3)CC2CCCO2)cc1. The van der Waals surface area contributed by atoms with Gasteiger partial charge in [0.25, 0.3) is 0 Å². The normalized spacial score (nSPS) is 18.9. The van der Waals surface area contributed by atoms with Crippen LogP contribution in [0.25, 0.3) is 0 Å². The molecule has 2 aromatic rings. The van der Waals surface area contributed by atoms with Crippen LogP contribution in [0.3, 0.4) is 0 Å². The molecule has 5 heteroatoms. The summed E-state index contributed by atoms with van der Waals surface area (Å²) in [6.07, 6.45) is 2.50. The molecular weight excluding hydrogens is 321 g/mol. The zero-order valence-corrected chi connectivity index (χ0v) is 14.1. The molecule has 2 heterocycles. The average Bonchev–Trinajstić information content (AvgIpc) is 3.28. The van der Waals surface area contributed by atoms with Crippen molar-refractivity contribution in [1.82, 2.24) is 4.90 Å². The average molecular weight is 343 g/mol. The largest absolute Gasteiger partial charge is 0.454 e. The summed E-state index contributed by atoms with van der Waals surface area (Å²) in [5, 5.41) is 0. The third kappa shape index (κ3) is 4.11. The zero-order valence-electron chi connectivity index (χ0n) is 14.1. The lowest BCUT2D eigenvalue weighted by Gasteiger charge is -2.25. The molecule has 2 aliphatic heterocycles. The van der Waals surface area contributed by atoms with Crippen molar-refractivity contribution >= 4 is 0 Å². The Balaban J connectivity index is 1.48. The second-order valence-corrected chi connectivity index (χ2v) is 6.62. The second kappa shape index (κ2) is 7.42. The summed E-state index contributed by atoms with van der Waals surface area (Å²) < 4.78 is 29.8. The number of ether oxygens (including phenoxy) is 3. The Hall–Kier alpha value is -2.11. The summed E-state index contributed by atoms with van der Waals surface area (Å²) in [7, 11) is 0. The quantitative estimate of drug-likeness (QED) is 0.800. The van der Waals surface area contributed by atoms with Crippen LogP contribution in [-0.2, 0) is 17.8 Å². The Labute approximate surface area is 147 Å². The lowest BCUT2D eigenvalue weighted by Crippen LogP contribution is -2.31. The number of hydrogen-bond acceptors (Lipinski definition) is 4. The highest BCUT2D eigenvalue weighted by atomic mass is 19.1. The van der Waals surface area contributed by atoms with Crippen LogP contribution in [0.4, 0.5) is 4.39 Å². The van der Waals surface area contributed by atoms with Gasteiger partial charge in [-0.2, -0.15) is 0 Å². The van der Waals surface area contributed by atoms with Gasteiger partial charge in [-0.05, 0) is 48.2 Å². The number of fused-ring (bicyclic) bond motifs is 1. The van der Waals surface area contributed by atoms with Crippen LogP contribution in [0.2, 0.25) is 0 Å². The topological polar surface area (TPSA) is 30.9 Å². The van der Waals surface area contributed by atoms with Gasteiger partial charge in [0.2, 0.25) is 6.79 Å². The van der Waals surface area contributed by atoms with E-state index in [9.17, 15) is 4.39 Å². The molecule has 4 nitrogen and oxygen atoms in total. The van der Waals surface area contributed by atoms with Gasteiger partial charge >= 0.3 is 0 Å². The summed E-state index contributed by atoms with van der Waals surface area (Å²) in [4.78, 5) is 2.35. The predicted octanol–water partition coefficient (Wildman–Crippen LogP) is 3.74. The molecule has 25 heavy (non-hydrogen) atoms. The lowest BCUT2D eigenvalue weighted by atomic mass is 10.1. The van der Waals surface area contributed by atoms with E-state index in [1.165, 1.54) is 17.7 Å². The van der Waals surface area contributed by atoms with Crippen LogP contribution in [0.5, 0.6) is 11.5 Å². The smallest absolute Gasteiger partial charge is 0.231 e. The van der Waals surface area contributed by atoms with Crippen LogP contribution in [0.1, 0.15) is 24.0 Å². The summed E-state index contributed by atoms with van der Waals surface area (Å²) in [6.45, 7) is 3.54. The first-order chi connectivity index (χ1) is 12.3.